The number of rotatable bonds is 9. The largest absolute Gasteiger partial charge is 0.453 e. The lowest BCUT2D eigenvalue weighted by Gasteiger charge is -2.38. The van der Waals surface area contributed by atoms with Gasteiger partial charge >= 0.3 is 0 Å². The zero-order chi connectivity index (χ0) is 39.3. The van der Waals surface area contributed by atoms with E-state index in [4.69, 9.17) is 16.3 Å². The van der Waals surface area contributed by atoms with Gasteiger partial charge in [0.2, 0.25) is 11.8 Å². The number of ether oxygens (including phenoxy) is 1. The molecule has 0 bridgehead atoms. The summed E-state index contributed by atoms with van der Waals surface area (Å²) in [6.45, 7) is 5.09. The van der Waals surface area contributed by atoms with Gasteiger partial charge in [0, 0.05) is 50.9 Å². The minimum Gasteiger partial charge on any atom is -0.453 e. The predicted molar refractivity (Wildman–Crippen MR) is 205 cm³/mol. The molecule has 0 unspecified atom stereocenters. The molecule has 2 amide bonds. The first-order valence-corrected chi connectivity index (χ1v) is 20.6. The van der Waals surface area contributed by atoms with Gasteiger partial charge in [-0.25, -0.2) is 27.2 Å². The predicted octanol–water partition coefficient (Wildman–Crippen LogP) is 6.07. The molecule has 0 aliphatic carbocycles. The van der Waals surface area contributed by atoms with Crippen molar-refractivity contribution in [3.63, 3.8) is 0 Å². The van der Waals surface area contributed by atoms with Crippen LogP contribution >= 0.6 is 11.6 Å². The summed E-state index contributed by atoms with van der Waals surface area (Å²) in [5, 5.41) is 6.34. The van der Waals surface area contributed by atoms with Gasteiger partial charge in [-0.05, 0) is 88.4 Å². The van der Waals surface area contributed by atoms with Crippen molar-refractivity contribution in [3.05, 3.63) is 76.7 Å². The molecule has 2 N–H and O–H groups in total. The van der Waals surface area contributed by atoms with Crippen molar-refractivity contribution < 1.29 is 31.5 Å². The maximum absolute atomic E-state index is 15.3. The standard InChI is InChI=1S/C39H41ClF2N8O5S/c1-22-29(21-48(2)47-22)37-45-35-36(30(40)19-43-38(35)46-37)55-24-3-5-25(6-4-24)56(53,54)26-11-13-49(14-12-26)20-23-9-15-50(16-10-23)33-18-31(41)28(17-32(33)42)27-7-8-34(51)44-39(27)52/h3-6,17-19,21,23,26-27H,7-16,20H2,1-2H3,(H,43,45,46)(H,44,51,52)/t27-/m1/s1. The zero-order valence-corrected chi connectivity index (χ0v) is 32.5. The molecule has 2 aromatic carbocycles. The lowest BCUT2D eigenvalue weighted by molar-refractivity contribution is -0.134. The number of halogens is 3. The molecule has 3 fully saturated rings. The maximum atomic E-state index is 15.3. The van der Waals surface area contributed by atoms with Crippen LogP contribution in [0.15, 0.2) is 53.7 Å². The second-order valence-corrected chi connectivity index (χ2v) is 17.5. The summed E-state index contributed by atoms with van der Waals surface area (Å²) >= 11 is 6.50. The second kappa shape index (κ2) is 15.2. The third-order valence-corrected chi connectivity index (χ3v) is 13.7. The van der Waals surface area contributed by atoms with E-state index in [0.29, 0.717) is 73.4 Å². The van der Waals surface area contributed by atoms with Crippen molar-refractivity contribution in [1.29, 1.82) is 0 Å². The fourth-order valence-corrected chi connectivity index (χ4v) is 10.1. The van der Waals surface area contributed by atoms with E-state index in [1.807, 2.05) is 25.1 Å². The molecule has 3 aromatic heterocycles. The third kappa shape index (κ3) is 7.49. The number of aryl methyl sites for hydroxylation is 2. The number of imidazole rings is 1. The van der Waals surface area contributed by atoms with Crippen LogP contribution in [0, 0.1) is 24.5 Å². The minimum absolute atomic E-state index is 0.0309. The number of fused-ring (bicyclic) bond motifs is 1. The topological polar surface area (TPSA) is 155 Å². The number of amides is 2. The fraction of sp³-hybridized carbons (Fsp3) is 0.410. The summed E-state index contributed by atoms with van der Waals surface area (Å²) in [5.74, 6) is -1.51. The number of hydrogen-bond acceptors (Lipinski definition) is 10. The number of carbonyl (C=O) groups is 2. The maximum Gasteiger partial charge on any atom is 0.234 e. The van der Waals surface area contributed by atoms with Crippen molar-refractivity contribution in [2.75, 3.05) is 37.6 Å². The summed E-state index contributed by atoms with van der Waals surface area (Å²) in [4.78, 5) is 40.3. The van der Waals surface area contributed by atoms with Crippen LogP contribution in [0.3, 0.4) is 0 Å². The van der Waals surface area contributed by atoms with Crippen LogP contribution in [0.2, 0.25) is 5.02 Å². The molecule has 0 spiro atoms. The van der Waals surface area contributed by atoms with Crippen LogP contribution < -0.4 is 15.0 Å². The molecular weight excluding hydrogens is 766 g/mol. The molecule has 294 valence electrons. The van der Waals surface area contributed by atoms with E-state index >= 15 is 8.78 Å². The summed E-state index contributed by atoms with van der Waals surface area (Å²) in [6.07, 6.45) is 6.13. The van der Waals surface area contributed by atoms with E-state index in [9.17, 15) is 18.0 Å². The average molecular weight is 807 g/mol. The third-order valence-electron chi connectivity index (χ3n) is 11.2. The highest BCUT2D eigenvalue weighted by atomic mass is 35.5. The number of sulfone groups is 1. The number of pyridine rings is 1. The molecule has 6 heterocycles. The Bertz CT molecular complexity index is 2420. The number of benzene rings is 2. The Labute approximate surface area is 327 Å². The fourth-order valence-electron chi connectivity index (χ4n) is 8.15. The number of hydrogen-bond donors (Lipinski definition) is 2. The minimum atomic E-state index is -3.59. The van der Waals surface area contributed by atoms with E-state index < -0.39 is 44.5 Å². The number of aromatic nitrogens is 5. The first kappa shape index (κ1) is 38.0. The molecule has 5 aromatic rings. The number of nitrogens with one attached hydrogen (secondary N) is 2. The number of piperidine rings is 3. The van der Waals surface area contributed by atoms with Crippen LogP contribution in [0.25, 0.3) is 22.6 Å². The van der Waals surface area contributed by atoms with Crippen molar-refractivity contribution in [2.45, 2.75) is 61.5 Å². The number of carbonyl (C=O) groups excluding carboxylic acids is 2. The molecule has 3 saturated heterocycles. The van der Waals surface area contributed by atoms with Gasteiger partial charge in [0.25, 0.3) is 0 Å². The van der Waals surface area contributed by atoms with Gasteiger partial charge in [0.15, 0.2) is 21.2 Å². The highest BCUT2D eigenvalue weighted by molar-refractivity contribution is 7.92. The summed E-state index contributed by atoms with van der Waals surface area (Å²) in [7, 11) is -1.76. The number of H-pyrrole nitrogens is 1. The van der Waals surface area contributed by atoms with E-state index in [0.717, 1.165) is 42.8 Å². The smallest absolute Gasteiger partial charge is 0.234 e. The summed E-state index contributed by atoms with van der Waals surface area (Å²) in [6, 6.07) is 8.61. The molecule has 8 rings (SSSR count). The highest BCUT2D eigenvalue weighted by Crippen LogP contribution is 2.38. The molecule has 3 aliphatic rings. The van der Waals surface area contributed by atoms with Gasteiger partial charge in [-0.15, -0.1) is 0 Å². The second-order valence-electron chi connectivity index (χ2n) is 14.9. The molecule has 3 aliphatic heterocycles. The van der Waals surface area contributed by atoms with Gasteiger partial charge < -0.3 is 19.5 Å². The molecule has 13 nitrogen and oxygen atoms in total. The Morgan fingerprint density at radius 3 is 2.39 bits per heavy atom. The molecule has 56 heavy (non-hydrogen) atoms. The molecule has 1 atom stereocenters. The average Bonchev–Trinajstić information content (AvgIpc) is 3.76. The van der Waals surface area contributed by atoms with Gasteiger partial charge in [0.05, 0.1) is 39.2 Å². The Hall–Kier alpha value is -4.93. The number of anilines is 1. The first-order chi connectivity index (χ1) is 26.8. The molecular formula is C39H41ClF2N8O5S. The number of imide groups is 1. The highest BCUT2D eigenvalue weighted by Gasteiger charge is 2.34. The number of nitrogens with zero attached hydrogens (tertiary/aromatic N) is 6. The molecule has 0 saturated carbocycles. The van der Waals surface area contributed by atoms with E-state index in [2.05, 4.69) is 30.3 Å². The number of likely N-dealkylation sites (tertiary alicyclic amines) is 1. The summed E-state index contributed by atoms with van der Waals surface area (Å²) < 4.78 is 65.7. The van der Waals surface area contributed by atoms with Crippen molar-refractivity contribution >= 4 is 50.1 Å². The Morgan fingerprint density at radius 2 is 1.71 bits per heavy atom. The van der Waals surface area contributed by atoms with Crippen molar-refractivity contribution in [2.24, 2.45) is 13.0 Å². The van der Waals surface area contributed by atoms with E-state index in [-0.39, 0.29) is 34.0 Å². The van der Waals surface area contributed by atoms with Crippen LogP contribution in [-0.2, 0) is 26.5 Å². The lowest BCUT2D eigenvalue weighted by atomic mass is 9.89. The van der Waals surface area contributed by atoms with Crippen molar-refractivity contribution in [1.82, 2.24) is 34.9 Å². The number of aromatic amines is 1. The van der Waals surface area contributed by atoms with Crippen LogP contribution in [0.5, 0.6) is 11.5 Å². The normalized spacial score (nSPS) is 19.2. The van der Waals surface area contributed by atoms with Crippen LogP contribution in [0.1, 0.15) is 55.7 Å². The molecule has 0 radical (unpaired) electrons. The van der Waals surface area contributed by atoms with E-state index in [1.165, 1.54) is 6.20 Å². The first-order valence-electron chi connectivity index (χ1n) is 18.7. The summed E-state index contributed by atoms with van der Waals surface area (Å²) in [5.41, 5.74) is 2.68. The van der Waals surface area contributed by atoms with E-state index in [1.54, 1.807) is 28.9 Å². The van der Waals surface area contributed by atoms with Gasteiger partial charge in [-0.3, -0.25) is 19.6 Å². The monoisotopic (exact) mass is 806 g/mol. The van der Waals surface area contributed by atoms with Gasteiger partial charge in [-0.2, -0.15) is 5.10 Å². The Kier molecular flexibility index (Phi) is 10.3. The van der Waals surface area contributed by atoms with Crippen molar-refractivity contribution in [3.8, 4) is 22.9 Å². The molecule has 17 heteroatoms. The lowest BCUT2D eigenvalue weighted by Crippen LogP contribution is -2.44. The van der Waals surface area contributed by atoms with Crippen LogP contribution in [0.4, 0.5) is 14.5 Å². The van der Waals surface area contributed by atoms with Crippen LogP contribution in [-0.4, -0.2) is 87.8 Å². The van der Waals surface area contributed by atoms with Gasteiger partial charge in [-0.1, -0.05) is 11.6 Å². The van der Waals surface area contributed by atoms with Gasteiger partial charge in [0.1, 0.15) is 33.7 Å². The Morgan fingerprint density at radius 1 is 0.982 bits per heavy atom. The zero-order valence-electron chi connectivity index (χ0n) is 30.9. The quantitative estimate of drug-likeness (QED) is 0.168. The SMILES string of the molecule is Cc1nn(C)cc1-c1nc2ncc(Cl)c(Oc3ccc(S(=O)(=O)C4CCN(CC5CCN(c6cc(F)c([C@H]7CCC(=O)NC7=O)cc6F)CC5)CC4)cc3)c2[nH]1. The Balaban J connectivity index is 0.844.